The highest BCUT2D eigenvalue weighted by Gasteiger charge is 2.24. The smallest absolute Gasteiger partial charge is 0.332 e. The molecule has 180 valence electrons. The maximum Gasteiger partial charge on any atom is 0.332 e. The van der Waals surface area contributed by atoms with E-state index in [2.05, 4.69) is 10.6 Å². The number of ketones is 1. The first-order valence-corrected chi connectivity index (χ1v) is 12.8. The number of hydrogen-bond acceptors (Lipinski definition) is 7. The van der Waals surface area contributed by atoms with Crippen molar-refractivity contribution < 1.29 is 23.2 Å². The number of nitrogens with two attached hydrogens (primary N) is 1. The van der Waals surface area contributed by atoms with Crippen LogP contribution in [0.1, 0.15) is 48.3 Å². The second-order valence-electron chi connectivity index (χ2n) is 7.42. The average Bonchev–Trinajstić information content (AvgIpc) is 2.72. The Hall–Kier alpha value is -2.38. The molecule has 1 unspecified atom stereocenters. The second kappa shape index (κ2) is 12.2. The number of carbonyl (C=O) groups excluding carboxylic acids is 2. The zero-order valence-electron chi connectivity index (χ0n) is 19.3. The summed E-state index contributed by atoms with van der Waals surface area (Å²) < 4.78 is 23.1. The van der Waals surface area contributed by atoms with E-state index in [9.17, 15) is 14.2 Å². The van der Waals surface area contributed by atoms with Crippen molar-refractivity contribution in [2.45, 2.75) is 33.7 Å². The van der Waals surface area contributed by atoms with Crippen LogP contribution in [0.25, 0.3) is 0 Å². The van der Waals surface area contributed by atoms with Crippen LogP contribution in [0.3, 0.4) is 0 Å². The number of nitrogens with one attached hydrogen (secondary N) is 2. The molecule has 0 aliphatic heterocycles. The van der Waals surface area contributed by atoms with E-state index in [0.717, 1.165) is 5.56 Å². The molecule has 4 N–H and O–H groups in total. The minimum absolute atomic E-state index is 0.136. The third kappa shape index (κ3) is 7.57. The molecule has 2 aromatic rings. The Morgan fingerprint density at radius 3 is 2.33 bits per heavy atom. The zero-order valence-corrected chi connectivity index (χ0v) is 21.0. The number of benzene rings is 2. The van der Waals surface area contributed by atoms with E-state index in [1.807, 2.05) is 13.0 Å². The predicted octanol–water partition coefficient (Wildman–Crippen LogP) is 5.17. The van der Waals surface area contributed by atoms with E-state index in [1.54, 1.807) is 44.2 Å². The Kier molecular flexibility index (Phi) is 9.92. The molecule has 0 aliphatic carbocycles. The SMILES string of the molecule is CCOP(=O)(CCNc1ccc(C(Nc2cc(C)ccc2C(C)=O)C(N)=O)c(Cl)c1)OCC. The highest BCUT2D eigenvalue weighted by atomic mass is 35.5. The standard InChI is InChI=1S/C23H31ClN3O5P/c1-5-31-33(30,32-6-2)12-11-26-17-8-10-19(20(24)14-17)22(23(25)29)27-21-13-15(3)7-9-18(21)16(4)28/h7-10,13-14,22,26-27H,5-6,11-12H2,1-4H3,(H2,25,29). The van der Waals surface area contributed by atoms with Gasteiger partial charge in [-0.15, -0.1) is 0 Å². The number of anilines is 2. The summed E-state index contributed by atoms with van der Waals surface area (Å²) in [6.45, 7) is 7.80. The Morgan fingerprint density at radius 2 is 1.79 bits per heavy atom. The summed E-state index contributed by atoms with van der Waals surface area (Å²) in [5, 5.41) is 6.51. The summed E-state index contributed by atoms with van der Waals surface area (Å²) in [5.74, 6) is -0.772. The van der Waals surface area contributed by atoms with Crippen LogP contribution >= 0.6 is 19.2 Å². The number of halogens is 1. The summed E-state index contributed by atoms with van der Waals surface area (Å²) in [4.78, 5) is 24.3. The van der Waals surface area contributed by atoms with Gasteiger partial charge in [0, 0.05) is 34.1 Å². The van der Waals surface area contributed by atoms with E-state index in [0.29, 0.717) is 47.3 Å². The lowest BCUT2D eigenvalue weighted by Crippen LogP contribution is -2.28. The minimum Gasteiger partial charge on any atom is -0.384 e. The largest absolute Gasteiger partial charge is 0.384 e. The van der Waals surface area contributed by atoms with E-state index in [4.69, 9.17) is 26.4 Å². The van der Waals surface area contributed by atoms with E-state index in [1.165, 1.54) is 6.92 Å². The zero-order chi connectivity index (χ0) is 24.6. The molecule has 0 heterocycles. The van der Waals surface area contributed by atoms with Gasteiger partial charge in [-0.1, -0.05) is 23.7 Å². The van der Waals surface area contributed by atoms with E-state index < -0.39 is 19.5 Å². The summed E-state index contributed by atoms with van der Waals surface area (Å²) >= 11 is 6.48. The van der Waals surface area contributed by atoms with Crippen molar-refractivity contribution in [2.24, 2.45) is 5.73 Å². The number of carbonyl (C=O) groups is 2. The quantitative estimate of drug-likeness (QED) is 0.259. The fraction of sp³-hybridized carbons (Fsp3) is 0.391. The number of aryl methyl sites for hydroxylation is 1. The summed E-state index contributed by atoms with van der Waals surface area (Å²) in [6, 6.07) is 9.45. The van der Waals surface area contributed by atoms with Gasteiger partial charge in [0.05, 0.1) is 19.4 Å². The van der Waals surface area contributed by atoms with Crippen molar-refractivity contribution in [3.8, 4) is 0 Å². The van der Waals surface area contributed by atoms with Crippen molar-refractivity contribution in [3.05, 3.63) is 58.1 Å². The highest BCUT2D eigenvalue weighted by Crippen LogP contribution is 2.47. The fourth-order valence-electron chi connectivity index (χ4n) is 3.31. The molecule has 2 rings (SSSR count). The van der Waals surface area contributed by atoms with Crippen molar-refractivity contribution in [1.29, 1.82) is 0 Å². The summed E-state index contributed by atoms with van der Waals surface area (Å²) in [5.41, 5.74) is 8.68. The van der Waals surface area contributed by atoms with Gasteiger partial charge in [-0.05, 0) is 57.5 Å². The first-order chi connectivity index (χ1) is 15.6. The highest BCUT2D eigenvalue weighted by molar-refractivity contribution is 7.53. The molecule has 0 bridgehead atoms. The minimum atomic E-state index is -3.16. The number of rotatable bonds is 13. The molecule has 0 saturated heterocycles. The normalized spacial score (nSPS) is 12.3. The van der Waals surface area contributed by atoms with Crippen LogP contribution in [0.4, 0.5) is 11.4 Å². The van der Waals surface area contributed by atoms with Gasteiger partial charge in [-0.3, -0.25) is 14.2 Å². The molecule has 0 saturated carbocycles. The van der Waals surface area contributed by atoms with Gasteiger partial charge in [0.1, 0.15) is 6.04 Å². The van der Waals surface area contributed by atoms with Crippen LogP contribution < -0.4 is 16.4 Å². The Labute approximate surface area is 199 Å². The number of hydrogen-bond donors (Lipinski definition) is 3. The number of Topliss-reactive ketones (excluding diaryl/α,β-unsaturated/α-hetero) is 1. The molecule has 8 nitrogen and oxygen atoms in total. The van der Waals surface area contributed by atoms with Crippen LogP contribution in [-0.2, 0) is 18.4 Å². The third-order valence-electron chi connectivity index (χ3n) is 4.82. The average molecular weight is 496 g/mol. The molecule has 0 fully saturated rings. The molecule has 0 aliphatic rings. The van der Waals surface area contributed by atoms with Crippen LogP contribution in [0.2, 0.25) is 5.02 Å². The lowest BCUT2D eigenvalue weighted by molar-refractivity contribution is -0.118. The van der Waals surface area contributed by atoms with E-state index >= 15 is 0 Å². The molecular formula is C23H31ClN3O5P. The molecule has 0 spiro atoms. The molecule has 0 radical (unpaired) electrons. The maximum atomic E-state index is 12.6. The Bertz CT molecular complexity index is 1040. The molecule has 0 aromatic heterocycles. The van der Waals surface area contributed by atoms with Gasteiger partial charge in [-0.25, -0.2) is 0 Å². The fourth-order valence-corrected chi connectivity index (χ4v) is 5.11. The first kappa shape index (κ1) is 26.9. The van der Waals surface area contributed by atoms with Gasteiger partial charge in [0.25, 0.3) is 0 Å². The molecule has 1 atom stereocenters. The second-order valence-corrected chi connectivity index (χ2v) is 10.0. The Morgan fingerprint density at radius 1 is 1.12 bits per heavy atom. The van der Waals surface area contributed by atoms with Gasteiger partial charge >= 0.3 is 7.60 Å². The predicted molar refractivity (Wildman–Crippen MR) is 132 cm³/mol. The topological polar surface area (TPSA) is 120 Å². The first-order valence-electron chi connectivity index (χ1n) is 10.7. The number of amides is 1. The molecule has 1 amide bonds. The van der Waals surface area contributed by atoms with Crippen LogP contribution in [0, 0.1) is 6.92 Å². The molecule has 33 heavy (non-hydrogen) atoms. The van der Waals surface area contributed by atoms with Crippen LogP contribution in [-0.4, -0.2) is 37.6 Å². The van der Waals surface area contributed by atoms with Gasteiger partial charge < -0.3 is 25.4 Å². The Balaban J connectivity index is 2.19. The monoisotopic (exact) mass is 495 g/mol. The number of primary amides is 1. The van der Waals surface area contributed by atoms with E-state index in [-0.39, 0.29) is 11.9 Å². The molecular weight excluding hydrogens is 465 g/mol. The summed E-state index contributed by atoms with van der Waals surface area (Å²) in [7, 11) is -3.16. The van der Waals surface area contributed by atoms with Gasteiger partial charge in [-0.2, -0.15) is 0 Å². The van der Waals surface area contributed by atoms with Crippen molar-refractivity contribution in [1.82, 2.24) is 0 Å². The molecule has 2 aromatic carbocycles. The van der Waals surface area contributed by atoms with Crippen molar-refractivity contribution in [2.75, 3.05) is 36.6 Å². The van der Waals surface area contributed by atoms with Crippen LogP contribution in [0.15, 0.2) is 36.4 Å². The lowest BCUT2D eigenvalue weighted by atomic mass is 10.0. The summed E-state index contributed by atoms with van der Waals surface area (Å²) in [6.07, 6.45) is 0.195. The van der Waals surface area contributed by atoms with Crippen molar-refractivity contribution in [3.63, 3.8) is 0 Å². The molecule has 10 heteroatoms. The lowest BCUT2D eigenvalue weighted by Gasteiger charge is -2.21. The third-order valence-corrected chi connectivity index (χ3v) is 7.22. The maximum absolute atomic E-state index is 12.6. The van der Waals surface area contributed by atoms with Crippen LogP contribution in [0.5, 0.6) is 0 Å². The van der Waals surface area contributed by atoms with Gasteiger partial charge in [0.2, 0.25) is 5.91 Å². The van der Waals surface area contributed by atoms with Gasteiger partial charge in [0.15, 0.2) is 5.78 Å². The van der Waals surface area contributed by atoms with Crippen molar-refractivity contribution >= 4 is 42.3 Å².